The number of aromatic nitrogens is 1. The fourth-order valence-corrected chi connectivity index (χ4v) is 3.21. The molecule has 2 N–H and O–H groups in total. The normalized spacial score (nSPS) is 10.8. The van der Waals surface area contributed by atoms with Crippen molar-refractivity contribution >= 4 is 46.0 Å². The van der Waals surface area contributed by atoms with Gasteiger partial charge in [0.05, 0.1) is 17.6 Å². The molecule has 3 aromatic rings. The van der Waals surface area contributed by atoms with Crippen LogP contribution in [0.25, 0.3) is 10.9 Å². The summed E-state index contributed by atoms with van der Waals surface area (Å²) < 4.78 is 5.19. The second kappa shape index (κ2) is 10.2. The number of anilines is 1. The van der Waals surface area contributed by atoms with Gasteiger partial charge >= 0.3 is 5.97 Å². The van der Waals surface area contributed by atoms with Crippen LogP contribution >= 0.6 is 11.6 Å². The molecule has 1 aromatic heterocycles. The third-order valence-electron chi connectivity index (χ3n) is 4.87. The fraction of sp³-hybridized carbons (Fsp3) is 0.250. The van der Waals surface area contributed by atoms with Crippen molar-refractivity contribution in [3.8, 4) is 0 Å². The van der Waals surface area contributed by atoms with Crippen molar-refractivity contribution in [2.45, 2.75) is 26.7 Å². The summed E-state index contributed by atoms with van der Waals surface area (Å²) in [7, 11) is 0. The molecule has 32 heavy (non-hydrogen) atoms. The summed E-state index contributed by atoms with van der Waals surface area (Å²) >= 11 is 6.04. The average Bonchev–Trinajstić information content (AvgIpc) is 2.78. The van der Waals surface area contributed by atoms with E-state index >= 15 is 0 Å². The number of carbonyl (C=O) groups is 3. The highest BCUT2D eigenvalue weighted by atomic mass is 35.5. The first-order valence-electron chi connectivity index (χ1n) is 10.1. The van der Waals surface area contributed by atoms with Crippen LogP contribution in [-0.4, -0.2) is 35.9 Å². The number of hydrogen-bond donors (Lipinski definition) is 2. The number of nitrogens with zero attached hydrogens (tertiary/aromatic N) is 1. The van der Waals surface area contributed by atoms with E-state index in [9.17, 15) is 14.4 Å². The first-order valence-corrected chi connectivity index (χ1v) is 10.5. The van der Waals surface area contributed by atoms with Crippen molar-refractivity contribution < 1.29 is 19.1 Å². The zero-order valence-corrected chi connectivity index (χ0v) is 18.8. The molecule has 7 nitrogen and oxygen atoms in total. The Bertz CT molecular complexity index is 1180. The van der Waals surface area contributed by atoms with Crippen molar-refractivity contribution in [3.05, 3.63) is 70.4 Å². The molecule has 0 atom stereocenters. The van der Waals surface area contributed by atoms with E-state index in [0.29, 0.717) is 27.2 Å². The smallest absolute Gasteiger partial charge is 0.339 e. The molecule has 2 aromatic carbocycles. The van der Waals surface area contributed by atoms with E-state index in [-0.39, 0.29) is 12.5 Å². The summed E-state index contributed by atoms with van der Waals surface area (Å²) in [5, 5.41) is 6.30. The van der Waals surface area contributed by atoms with Gasteiger partial charge in [-0.05, 0) is 42.7 Å². The zero-order valence-electron chi connectivity index (χ0n) is 18.1. The largest absolute Gasteiger partial charge is 0.452 e. The van der Waals surface area contributed by atoms with Gasteiger partial charge in [0.15, 0.2) is 6.61 Å². The van der Waals surface area contributed by atoms with Gasteiger partial charge in [-0.3, -0.25) is 14.6 Å². The van der Waals surface area contributed by atoms with Crippen LogP contribution in [0.1, 0.15) is 41.4 Å². The summed E-state index contributed by atoms with van der Waals surface area (Å²) in [5.41, 5.74) is 3.08. The van der Waals surface area contributed by atoms with Gasteiger partial charge in [-0.15, -0.1) is 0 Å². The monoisotopic (exact) mass is 453 g/mol. The molecule has 0 unspecified atom stereocenters. The van der Waals surface area contributed by atoms with Gasteiger partial charge < -0.3 is 15.4 Å². The Morgan fingerprint density at radius 1 is 1.06 bits per heavy atom. The Balaban J connectivity index is 1.57. The molecule has 3 rings (SSSR count). The van der Waals surface area contributed by atoms with Crippen LogP contribution < -0.4 is 10.6 Å². The molecule has 0 saturated heterocycles. The van der Waals surface area contributed by atoms with E-state index < -0.39 is 24.4 Å². The summed E-state index contributed by atoms with van der Waals surface area (Å²) in [6.45, 7) is 4.97. The van der Waals surface area contributed by atoms with Crippen molar-refractivity contribution in [2.24, 2.45) is 0 Å². The second-order valence-corrected chi connectivity index (χ2v) is 7.99. The van der Waals surface area contributed by atoms with Crippen LogP contribution in [0.2, 0.25) is 5.02 Å². The number of nitrogens with one attached hydrogen (secondary N) is 2. The Hall–Kier alpha value is -3.45. The number of para-hydroxylation sites is 1. The molecule has 0 aliphatic rings. The summed E-state index contributed by atoms with van der Waals surface area (Å²) in [4.78, 5) is 41.4. The van der Waals surface area contributed by atoms with E-state index in [4.69, 9.17) is 16.3 Å². The number of fused-ring (bicyclic) bond motifs is 1. The molecule has 2 amide bonds. The Labute approximate surface area is 191 Å². The third-order valence-corrected chi connectivity index (χ3v) is 5.28. The minimum absolute atomic E-state index is 0.121. The van der Waals surface area contributed by atoms with Crippen molar-refractivity contribution in [2.75, 3.05) is 18.5 Å². The molecule has 8 heteroatoms. The predicted molar refractivity (Wildman–Crippen MR) is 124 cm³/mol. The summed E-state index contributed by atoms with van der Waals surface area (Å²) in [6.07, 6.45) is 0. The maximum Gasteiger partial charge on any atom is 0.339 e. The molecule has 0 aliphatic heterocycles. The molecule has 166 valence electrons. The number of rotatable bonds is 7. The van der Waals surface area contributed by atoms with Crippen LogP contribution in [0.15, 0.2) is 48.5 Å². The number of amides is 2. The van der Waals surface area contributed by atoms with Crippen LogP contribution in [0, 0.1) is 6.92 Å². The standard InChI is InChI=1S/C24H24ClN3O4/c1-14(2)21-11-17(16-7-4-5-9-20(16)27-21)24(31)32-13-23(30)26-12-22(29)28-19-10-6-8-18(25)15(19)3/h4-11,14H,12-13H2,1-3H3,(H,26,30)(H,28,29). The van der Waals surface area contributed by atoms with Gasteiger partial charge in [0.25, 0.3) is 5.91 Å². The van der Waals surface area contributed by atoms with Gasteiger partial charge in [-0.1, -0.05) is 49.7 Å². The lowest BCUT2D eigenvalue weighted by molar-refractivity contribution is -0.126. The average molecular weight is 454 g/mol. The first-order chi connectivity index (χ1) is 15.3. The minimum Gasteiger partial charge on any atom is -0.452 e. The van der Waals surface area contributed by atoms with Crippen LogP contribution in [0.3, 0.4) is 0 Å². The van der Waals surface area contributed by atoms with E-state index in [0.717, 1.165) is 11.3 Å². The Morgan fingerprint density at radius 3 is 2.56 bits per heavy atom. The minimum atomic E-state index is -0.625. The van der Waals surface area contributed by atoms with Gasteiger partial charge in [0, 0.05) is 21.8 Å². The number of hydrogen-bond acceptors (Lipinski definition) is 5. The summed E-state index contributed by atoms with van der Waals surface area (Å²) in [5.74, 6) is -1.51. The highest BCUT2D eigenvalue weighted by molar-refractivity contribution is 6.31. The Kier molecular flexibility index (Phi) is 7.43. The fourth-order valence-electron chi connectivity index (χ4n) is 3.04. The molecule has 0 bridgehead atoms. The molecular formula is C24H24ClN3O4. The number of esters is 1. The number of pyridine rings is 1. The Morgan fingerprint density at radius 2 is 1.81 bits per heavy atom. The maximum absolute atomic E-state index is 12.7. The van der Waals surface area contributed by atoms with Crippen molar-refractivity contribution in [1.29, 1.82) is 0 Å². The molecule has 1 heterocycles. The molecule has 0 spiro atoms. The highest BCUT2D eigenvalue weighted by Crippen LogP contribution is 2.24. The topological polar surface area (TPSA) is 97.4 Å². The maximum atomic E-state index is 12.7. The quantitative estimate of drug-likeness (QED) is 0.522. The van der Waals surface area contributed by atoms with Crippen molar-refractivity contribution in [3.63, 3.8) is 0 Å². The number of halogens is 1. The first kappa shape index (κ1) is 23.2. The zero-order chi connectivity index (χ0) is 23.3. The molecular weight excluding hydrogens is 430 g/mol. The number of ether oxygens (including phenoxy) is 1. The lowest BCUT2D eigenvalue weighted by atomic mass is 10.0. The molecule has 0 radical (unpaired) electrons. The molecule has 0 fully saturated rings. The van der Waals surface area contributed by atoms with E-state index in [2.05, 4.69) is 15.6 Å². The van der Waals surface area contributed by atoms with E-state index in [1.54, 1.807) is 37.3 Å². The summed E-state index contributed by atoms with van der Waals surface area (Å²) in [6, 6.07) is 14.1. The SMILES string of the molecule is Cc1c(Cl)cccc1NC(=O)CNC(=O)COC(=O)c1cc(C(C)C)nc2ccccc12. The van der Waals surface area contributed by atoms with Crippen LogP contribution in [-0.2, 0) is 14.3 Å². The van der Waals surface area contributed by atoms with Crippen LogP contribution in [0.4, 0.5) is 5.69 Å². The highest BCUT2D eigenvalue weighted by Gasteiger charge is 2.17. The number of carbonyl (C=O) groups excluding carboxylic acids is 3. The lowest BCUT2D eigenvalue weighted by Crippen LogP contribution is -2.35. The van der Waals surface area contributed by atoms with Gasteiger partial charge in [-0.25, -0.2) is 4.79 Å². The van der Waals surface area contributed by atoms with Gasteiger partial charge in [0.1, 0.15) is 0 Å². The van der Waals surface area contributed by atoms with E-state index in [1.165, 1.54) is 0 Å². The van der Waals surface area contributed by atoms with Gasteiger partial charge in [0.2, 0.25) is 5.91 Å². The second-order valence-electron chi connectivity index (χ2n) is 7.58. The number of benzene rings is 2. The van der Waals surface area contributed by atoms with Crippen molar-refractivity contribution in [1.82, 2.24) is 10.3 Å². The van der Waals surface area contributed by atoms with Gasteiger partial charge in [-0.2, -0.15) is 0 Å². The molecule has 0 saturated carbocycles. The predicted octanol–water partition coefficient (Wildman–Crippen LogP) is 4.23. The third kappa shape index (κ3) is 5.62. The molecule has 0 aliphatic carbocycles. The van der Waals surface area contributed by atoms with Crippen LogP contribution in [0.5, 0.6) is 0 Å². The lowest BCUT2D eigenvalue weighted by Gasteiger charge is -2.12. The van der Waals surface area contributed by atoms with E-state index in [1.807, 2.05) is 32.0 Å².